The number of hydrogen-bond acceptors (Lipinski definition) is 3. The molecule has 0 bridgehead atoms. The molecule has 2 aliphatic rings. The standard InChI is InChI=1S/C10H16O3/c1-10-5-4-8(10)7(3-2-6-11)9(12)13-10/h7-8,11H,2-6H2,1H3/t7?,8-,10-/m0/s1. The number of carbonyl (C=O) groups is 1. The molecule has 3 heteroatoms. The molecule has 1 aliphatic heterocycles. The zero-order valence-electron chi connectivity index (χ0n) is 7.95. The molecule has 0 aromatic rings. The van der Waals surface area contributed by atoms with E-state index in [4.69, 9.17) is 9.84 Å². The van der Waals surface area contributed by atoms with Gasteiger partial charge in [0.2, 0.25) is 0 Å². The van der Waals surface area contributed by atoms with E-state index >= 15 is 0 Å². The van der Waals surface area contributed by atoms with E-state index in [1.807, 2.05) is 6.92 Å². The quantitative estimate of drug-likeness (QED) is 0.668. The molecule has 1 saturated carbocycles. The van der Waals surface area contributed by atoms with E-state index in [2.05, 4.69) is 0 Å². The number of aliphatic hydroxyl groups excluding tert-OH is 1. The van der Waals surface area contributed by atoms with Gasteiger partial charge in [0.15, 0.2) is 0 Å². The Morgan fingerprint density at radius 1 is 1.69 bits per heavy atom. The summed E-state index contributed by atoms with van der Waals surface area (Å²) in [7, 11) is 0. The smallest absolute Gasteiger partial charge is 0.309 e. The van der Waals surface area contributed by atoms with E-state index in [0.717, 1.165) is 19.3 Å². The molecule has 1 heterocycles. The molecule has 1 saturated heterocycles. The first-order valence-electron chi connectivity index (χ1n) is 5.01. The van der Waals surface area contributed by atoms with Crippen molar-refractivity contribution in [2.75, 3.05) is 6.61 Å². The molecule has 0 spiro atoms. The van der Waals surface area contributed by atoms with Crippen LogP contribution in [0, 0.1) is 11.8 Å². The van der Waals surface area contributed by atoms with Crippen LogP contribution in [0.5, 0.6) is 0 Å². The molecular formula is C10H16O3. The molecule has 3 nitrogen and oxygen atoms in total. The first kappa shape index (κ1) is 9.00. The third-order valence-corrected chi connectivity index (χ3v) is 3.53. The average molecular weight is 184 g/mol. The van der Waals surface area contributed by atoms with Crippen LogP contribution in [0.1, 0.15) is 32.6 Å². The second kappa shape index (κ2) is 2.98. The molecule has 3 atom stereocenters. The van der Waals surface area contributed by atoms with Crippen molar-refractivity contribution in [2.45, 2.75) is 38.2 Å². The van der Waals surface area contributed by atoms with Crippen molar-refractivity contribution >= 4 is 5.97 Å². The van der Waals surface area contributed by atoms with Crippen molar-refractivity contribution in [1.82, 2.24) is 0 Å². The fourth-order valence-corrected chi connectivity index (χ4v) is 2.57. The Bertz CT molecular complexity index is 226. The third-order valence-electron chi connectivity index (χ3n) is 3.53. The lowest BCUT2D eigenvalue weighted by Gasteiger charge is -2.40. The van der Waals surface area contributed by atoms with Crippen LogP contribution in [0.15, 0.2) is 0 Å². The summed E-state index contributed by atoms with van der Waals surface area (Å²) < 4.78 is 5.34. The Morgan fingerprint density at radius 3 is 2.92 bits per heavy atom. The molecule has 0 radical (unpaired) electrons. The molecule has 0 aromatic heterocycles. The van der Waals surface area contributed by atoms with E-state index in [0.29, 0.717) is 12.3 Å². The van der Waals surface area contributed by atoms with Gasteiger partial charge in [0, 0.05) is 12.5 Å². The van der Waals surface area contributed by atoms with Crippen LogP contribution in [-0.2, 0) is 9.53 Å². The molecule has 1 unspecified atom stereocenters. The molecular weight excluding hydrogens is 168 g/mol. The highest BCUT2D eigenvalue weighted by Gasteiger charge is 2.57. The summed E-state index contributed by atoms with van der Waals surface area (Å²) in [6.45, 7) is 2.20. The Hall–Kier alpha value is -0.570. The minimum atomic E-state index is -0.156. The second-order valence-electron chi connectivity index (χ2n) is 4.35. The molecule has 74 valence electrons. The third kappa shape index (κ3) is 1.26. The highest BCUT2D eigenvalue weighted by Crippen LogP contribution is 2.52. The topological polar surface area (TPSA) is 46.5 Å². The van der Waals surface area contributed by atoms with Crippen molar-refractivity contribution in [2.24, 2.45) is 11.8 Å². The first-order chi connectivity index (χ1) is 6.17. The SMILES string of the molecule is C[C@]12CC[C@H]1C(CCCO)C(=O)O2. The summed E-state index contributed by atoms with van der Waals surface area (Å²) in [5.74, 6) is 0.441. The van der Waals surface area contributed by atoms with Gasteiger partial charge in [0.05, 0.1) is 5.92 Å². The van der Waals surface area contributed by atoms with E-state index in [1.54, 1.807) is 0 Å². The lowest BCUT2D eigenvalue weighted by molar-refractivity contribution is -0.153. The van der Waals surface area contributed by atoms with Crippen LogP contribution in [0.4, 0.5) is 0 Å². The highest BCUT2D eigenvalue weighted by atomic mass is 16.6. The van der Waals surface area contributed by atoms with Crippen molar-refractivity contribution in [3.05, 3.63) is 0 Å². The first-order valence-corrected chi connectivity index (χ1v) is 5.01. The van der Waals surface area contributed by atoms with Crippen molar-refractivity contribution in [3.63, 3.8) is 0 Å². The number of aliphatic hydroxyl groups is 1. The number of ether oxygens (including phenoxy) is 1. The Balaban J connectivity index is 1.99. The van der Waals surface area contributed by atoms with Crippen LogP contribution >= 0.6 is 0 Å². The fourth-order valence-electron chi connectivity index (χ4n) is 2.57. The molecule has 1 aliphatic carbocycles. The maximum atomic E-state index is 11.4. The summed E-state index contributed by atoms with van der Waals surface area (Å²) in [6, 6.07) is 0. The second-order valence-corrected chi connectivity index (χ2v) is 4.35. The maximum Gasteiger partial charge on any atom is 0.309 e. The number of rotatable bonds is 3. The van der Waals surface area contributed by atoms with Crippen molar-refractivity contribution < 1.29 is 14.6 Å². The summed E-state index contributed by atoms with van der Waals surface area (Å²) in [6.07, 6.45) is 3.62. The number of carbonyl (C=O) groups excluding carboxylic acids is 1. The Kier molecular flexibility index (Phi) is 2.06. The monoisotopic (exact) mass is 184 g/mol. The zero-order valence-corrected chi connectivity index (χ0v) is 7.95. The van der Waals surface area contributed by atoms with Gasteiger partial charge in [-0.25, -0.2) is 0 Å². The van der Waals surface area contributed by atoms with E-state index in [9.17, 15) is 4.79 Å². The van der Waals surface area contributed by atoms with Crippen LogP contribution < -0.4 is 0 Å². The molecule has 13 heavy (non-hydrogen) atoms. The summed E-state index contributed by atoms with van der Waals surface area (Å²) in [5, 5.41) is 8.70. The lowest BCUT2D eigenvalue weighted by Crippen LogP contribution is -2.43. The largest absolute Gasteiger partial charge is 0.459 e. The average Bonchev–Trinajstić information content (AvgIpc) is 2.23. The molecule has 0 amide bonds. The predicted molar refractivity (Wildman–Crippen MR) is 47.0 cm³/mol. The molecule has 2 rings (SSSR count). The fraction of sp³-hybridized carbons (Fsp3) is 0.900. The summed E-state index contributed by atoms with van der Waals surface area (Å²) in [4.78, 5) is 11.4. The van der Waals surface area contributed by atoms with Gasteiger partial charge < -0.3 is 9.84 Å². The summed E-state index contributed by atoms with van der Waals surface area (Å²) >= 11 is 0. The van der Waals surface area contributed by atoms with E-state index < -0.39 is 0 Å². The van der Waals surface area contributed by atoms with Gasteiger partial charge in [-0.1, -0.05) is 0 Å². The van der Waals surface area contributed by atoms with Gasteiger partial charge in [0.25, 0.3) is 0 Å². The Labute approximate surface area is 78.1 Å². The minimum absolute atomic E-state index is 0.0431. The molecule has 0 aromatic carbocycles. The van der Waals surface area contributed by atoms with Gasteiger partial charge in [-0.05, 0) is 32.6 Å². The summed E-state index contributed by atoms with van der Waals surface area (Å²) in [5.41, 5.74) is -0.156. The highest BCUT2D eigenvalue weighted by molar-refractivity contribution is 5.76. The number of hydrogen-bond donors (Lipinski definition) is 1. The predicted octanol–water partition coefficient (Wildman–Crippen LogP) is 1.10. The van der Waals surface area contributed by atoms with Gasteiger partial charge in [-0.3, -0.25) is 4.79 Å². The number of esters is 1. The molecule has 2 fully saturated rings. The van der Waals surface area contributed by atoms with E-state index in [1.165, 1.54) is 0 Å². The van der Waals surface area contributed by atoms with E-state index in [-0.39, 0.29) is 24.1 Å². The van der Waals surface area contributed by atoms with Crippen LogP contribution in [0.25, 0.3) is 0 Å². The maximum absolute atomic E-state index is 11.4. The zero-order chi connectivity index (χ0) is 9.47. The molecule has 1 N–H and O–H groups in total. The van der Waals surface area contributed by atoms with Crippen LogP contribution in [-0.4, -0.2) is 23.3 Å². The number of fused-ring (bicyclic) bond motifs is 1. The van der Waals surface area contributed by atoms with Crippen molar-refractivity contribution in [3.8, 4) is 0 Å². The van der Waals surface area contributed by atoms with Crippen LogP contribution in [0.3, 0.4) is 0 Å². The van der Waals surface area contributed by atoms with Crippen LogP contribution in [0.2, 0.25) is 0 Å². The lowest BCUT2D eigenvalue weighted by atomic mass is 9.66. The van der Waals surface area contributed by atoms with Crippen molar-refractivity contribution in [1.29, 1.82) is 0 Å². The Morgan fingerprint density at radius 2 is 2.46 bits per heavy atom. The van der Waals surface area contributed by atoms with Gasteiger partial charge in [0.1, 0.15) is 5.60 Å². The van der Waals surface area contributed by atoms with Gasteiger partial charge >= 0.3 is 5.97 Å². The normalized spacial score (nSPS) is 42.5. The van der Waals surface area contributed by atoms with Gasteiger partial charge in [-0.15, -0.1) is 0 Å². The van der Waals surface area contributed by atoms with Gasteiger partial charge in [-0.2, -0.15) is 0 Å². The minimum Gasteiger partial charge on any atom is -0.459 e.